The smallest absolute Gasteiger partial charge is 0.219 e. The van der Waals surface area contributed by atoms with Crippen LogP contribution >= 0.6 is 0 Å². The number of ether oxygens (including phenoxy) is 1. The van der Waals surface area contributed by atoms with Gasteiger partial charge in [0.1, 0.15) is 5.75 Å². The third-order valence-corrected chi connectivity index (χ3v) is 2.27. The van der Waals surface area contributed by atoms with Gasteiger partial charge in [-0.15, -0.1) is 0 Å². The Bertz CT molecular complexity index is 364. The molecule has 0 bridgehead atoms. The summed E-state index contributed by atoms with van der Waals surface area (Å²) < 4.78 is 5.13. The lowest BCUT2D eigenvalue weighted by Gasteiger charge is -2.12. The van der Waals surface area contributed by atoms with Crippen LogP contribution in [0.15, 0.2) is 18.2 Å². The molecule has 1 rings (SSSR count). The van der Waals surface area contributed by atoms with E-state index in [0.29, 0.717) is 0 Å². The Morgan fingerprint density at radius 2 is 2.20 bits per heavy atom. The number of nitrogens with two attached hydrogens (primary N) is 2. The molecular formula is C11H16N2O2. The van der Waals surface area contributed by atoms with E-state index in [9.17, 15) is 4.79 Å². The van der Waals surface area contributed by atoms with Crippen LogP contribution in [-0.2, 0) is 4.79 Å². The third-order valence-electron chi connectivity index (χ3n) is 2.27. The van der Waals surface area contributed by atoms with E-state index in [2.05, 4.69) is 0 Å². The molecule has 0 aromatic heterocycles. The summed E-state index contributed by atoms with van der Waals surface area (Å²) in [6, 6.07) is 5.25. The van der Waals surface area contributed by atoms with E-state index in [1.807, 2.05) is 25.1 Å². The molecule has 0 saturated heterocycles. The summed E-state index contributed by atoms with van der Waals surface area (Å²) in [4.78, 5) is 10.7. The molecule has 0 aliphatic heterocycles. The number of rotatable bonds is 4. The highest BCUT2D eigenvalue weighted by Crippen LogP contribution is 2.22. The molecular weight excluding hydrogens is 192 g/mol. The van der Waals surface area contributed by atoms with Crippen molar-refractivity contribution in [2.75, 3.05) is 7.11 Å². The van der Waals surface area contributed by atoms with Gasteiger partial charge in [0, 0.05) is 12.5 Å². The van der Waals surface area contributed by atoms with Gasteiger partial charge in [-0.25, -0.2) is 0 Å². The minimum atomic E-state index is -0.393. The van der Waals surface area contributed by atoms with Gasteiger partial charge in [-0.05, 0) is 24.1 Å². The molecule has 4 heteroatoms. The molecule has 4 nitrogen and oxygen atoms in total. The standard InChI is InChI=1S/C11H16N2O2/c1-7-5-8(3-4-10(7)15-2)9(12)6-11(13)14/h3-5,9H,6,12H2,1-2H3,(H2,13,14)/t9-/m0/s1. The van der Waals surface area contributed by atoms with Crippen LogP contribution in [0, 0.1) is 6.92 Å². The number of benzene rings is 1. The lowest BCUT2D eigenvalue weighted by Crippen LogP contribution is -2.20. The van der Waals surface area contributed by atoms with Gasteiger partial charge >= 0.3 is 0 Å². The normalized spacial score (nSPS) is 12.2. The maximum absolute atomic E-state index is 10.7. The molecule has 0 unspecified atom stereocenters. The number of carbonyl (C=O) groups is 1. The van der Waals surface area contributed by atoms with Crippen molar-refractivity contribution < 1.29 is 9.53 Å². The van der Waals surface area contributed by atoms with E-state index in [-0.39, 0.29) is 12.5 Å². The maximum Gasteiger partial charge on any atom is 0.219 e. The second kappa shape index (κ2) is 4.79. The fourth-order valence-corrected chi connectivity index (χ4v) is 1.47. The SMILES string of the molecule is COc1ccc([C@@H](N)CC(N)=O)cc1C. The van der Waals surface area contributed by atoms with Gasteiger partial charge in [-0.1, -0.05) is 12.1 Å². The quantitative estimate of drug-likeness (QED) is 0.771. The highest BCUT2D eigenvalue weighted by Gasteiger charge is 2.10. The molecule has 0 aliphatic carbocycles. The Morgan fingerprint density at radius 3 is 2.67 bits per heavy atom. The van der Waals surface area contributed by atoms with Gasteiger partial charge in [0.2, 0.25) is 5.91 Å². The van der Waals surface area contributed by atoms with E-state index < -0.39 is 5.91 Å². The number of primary amides is 1. The summed E-state index contributed by atoms with van der Waals surface area (Å²) in [6.07, 6.45) is 0.159. The number of hydrogen-bond donors (Lipinski definition) is 2. The number of carbonyl (C=O) groups excluding carboxylic acids is 1. The largest absolute Gasteiger partial charge is 0.496 e. The monoisotopic (exact) mass is 208 g/mol. The Labute approximate surface area is 89.2 Å². The Kier molecular flexibility index (Phi) is 3.68. The summed E-state index contributed by atoms with van der Waals surface area (Å²) in [7, 11) is 1.62. The van der Waals surface area contributed by atoms with Crippen LogP contribution in [0.3, 0.4) is 0 Å². The molecule has 4 N–H and O–H groups in total. The summed E-state index contributed by atoms with van der Waals surface area (Å²) >= 11 is 0. The number of amides is 1. The molecule has 1 amide bonds. The summed E-state index contributed by atoms with van der Waals surface area (Å²) in [6.45, 7) is 1.93. The van der Waals surface area contributed by atoms with Crippen molar-refractivity contribution in [2.45, 2.75) is 19.4 Å². The molecule has 82 valence electrons. The number of aryl methyl sites for hydroxylation is 1. The van der Waals surface area contributed by atoms with Gasteiger partial charge in [-0.2, -0.15) is 0 Å². The van der Waals surface area contributed by atoms with Gasteiger partial charge in [-0.3, -0.25) is 4.79 Å². The molecule has 0 saturated carbocycles. The summed E-state index contributed by atoms with van der Waals surface area (Å²) in [5.74, 6) is 0.418. The van der Waals surface area contributed by atoms with Crippen LogP contribution in [0.2, 0.25) is 0 Å². The lowest BCUT2D eigenvalue weighted by atomic mass is 10.0. The zero-order valence-corrected chi connectivity index (χ0v) is 8.99. The van der Waals surface area contributed by atoms with Crippen molar-refractivity contribution in [1.82, 2.24) is 0 Å². The Morgan fingerprint density at radius 1 is 1.53 bits per heavy atom. The van der Waals surface area contributed by atoms with Crippen molar-refractivity contribution >= 4 is 5.91 Å². The van der Waals surface area contributed by atoms with Crippen LogP contribution in [-0.4, -0.2) is 13.0 Å². The number of methoxy groups -OCH3 is 1. The summed E-state index contributed by atoms with van der Waals surface area (Å²) in [5, 5.41) is 0. The molecule has 15 heavy (non-hydrogen) atoms. The highest BCUT2D eigenvalue weighted by molar-refractivity contribution is 5.74. The van der Waals surface area contributed by atoms with Crippen LogP contribution in [0.25, 0.3) is 0 Å². The average molecular weight is 208 g/mol. The van der Waals surface area contributed by atoms with Crippen LogP contribution < -0.4 is 16.2 Å². The fraction of sp³-hybridized carbons (Fsp3) is 0.364. The third kappa shape index (κ3) is 2.95. The summed E-state index contributed by atoms with van der Waals surface area (Å²) in [5.41, 5.74) is 12.8. The minimum Gasteiger partial charge on any atom is -0.496 e. The molecule has 1 aromatic rings. The van der Waals surface area contributed by atoms with Crippen molar-refractivity contribution in [3.05, 3.63) is 29.3 Å². The number of hydrogen-bond acceptors (Lipinski definition) is 3. The zero-order valence-electron chi connectivity index (χ0n) is 8.99. The molecule has 1 aromatic carbocycles. The minimum absolute atomic E-state index is 0.159. The Balaban J connectivity index is 2.87. The van der Waals surface area contributed by atoms with Crippen molar-refractivity contribution in [3.63, 3.8) is 0 Å². The average Bonchev–Trinajstić information content (AvgIpc) is 2.16. The fourth-order valence-electron chi connectivity index (χ4n) is 1.47. The first-order valence-corrected chi connectivity index (χ1v) is 4.73. The molecule has 0 spiro atoms. The van der Waals surface area contributed by atoms with Crippen LogP contribution in [0.4, 0.5) is 0 Å². The topological polar surface area (TPSA) is 78.3 Å². The lowest BCUT2D eigenvalue weighted by molar-refractivity contribution is -0.118. The molecule has 0 radical (unpaired) electrons. The van der Waals surface area contributed by atoms with Crippen molar-refractivity contribution in [2.24, 2.45) is 11.5 Å². The van der Waals surface area contributed by atoms with E-state index in [1.54, 1.807) is 7.11 Å². The van der Waals surface area contributed by atoms with Crippen molar-refractivity contribution in [3.8, 4) is 5.75 Å². The van der Waals surface area contributed by atoms with Crippen LogP contribution in [0.5, 0.6) is 5.75 Å². The highest BCUT2D eigenvalue weighted by atomic mass is 16.5. The predicted octanol–water partition coefficient (Wildman–Crippen LogP) is 0.879. The second-order valence-corrected chi connectivity index (χ2v) is 3.51. The van der Waals surface area contributed by atoms with Gasteiger partial charge in [0.15, 0.2) is 0 Å². The second-order valence-electron chi connectivity index (χ2n) is 3.51. The Hall–Kier alpha value is -1.55. The molecule has 0 fully saturated rings. The maximum atomic E-state index is 10.7. The molecule has 1 atom stereocenters. The first-order chi connectivity index (χ1) is 7.04. The van der Waals surface area contributed by atoms with Crippen molar-refractivity contribution in [1.29, 1.82) is 0 Å². The molecule has 0 heterocycles. The van der Waals surface area contributed by atoms with Gasteiger partial charge in [0.25, 0.3) is 0 Å². The van der Waals surface area contributed by atoms with E-state index in [1.165, 1.54) is 0 Å². The van der Waals surface area contributed by atoms with E-state index >= 15 is 0 Å². The van der Waals surface area contributed by atoms with Gasteiger partial charge in [0.05, 0.1) is 7.11 Å². The van der Waals surface area contributed by atoms with E-state index in [4.69, 9.17) is 16.2 Å². The first-order valence-electron chi connectivity index (χ1n) is 4.73. The van der Waals surface area contributed by atoms with E-state index in [0.717, 1.165) is 16.9 Å². The zero-order chi connectivity index (χ0) is 11.4. The first kappa shape index (κ1) is 11.5. The van der Waals surface area contributed by atoms with Gasteiger partial charge < -0.3 is 16.2 Å². The van der Waals surface area contributed by atoms with Crippen LogP contribution in [0.1, 0.15) is 23.6 Å². The molecule has 0 aliphatic rings. The predicted molar refractivity (Wildman–Crippen MR) is 58.5 cm³/mol.